The van der Waals surface area contributed by atoms with Crippen LogP contribution in [0.2, 0.25) is 0 Å². The molecule has 0 aliphatic carbocycles. The Hall–Kier alpha value is -0.791. The van der Waals surface area contributed by atoms with Crippen molar-refractivity contribution in [1.82, 2.24) is 4.98 Å². The van der Waals surface area contributed by atoms with Crippen LogP contribution in [0.25, 0.3) is 19.9 Å². The van der Waals surface area contributed by atoms with E-state index in [2.05, 4.69) is 11.1 Å². The van der Waals surface area contributed by atoms with Gasteiger partial charge in [0, 0.05) is 0 Å². The summed E-state index contributed by atoms with van der Waals surface area (Å²) in [4.78, 5) is 4.27. The molecule has 0 N–H and O–H groups in total. The SMILES string of the molecule is c1cc2oc3nc2c(c1)[se]3. The zero-order valence-electron chi connectivity index (χ0n) is 5.00. The molecule has 2 nitrogen and oxygen atoms in total. The molecule has 10 heavy (non-hydrogen) atoms. The van der Waals surface area contributed by atoms with Gasteiger partial charge in [0.2, 0.25) is 0 Å². The fourth-order valence-corrected chi connectivity index (χ4v) is 2.90. The fraction of sp³-hybridized carbons (Fsp3) is 0. The van der Waals surface area contributed by atoms with Crippen LogP contribution in [0, 0.1) is 0 Å². The van der Waals surface area contributed by atoms with Crippen molar-refractivity contribution in [3.05, 3.63) is 18.2 Å². The standard InChI is InChI=1S/C7H3NOSe/c1-2-4-6-5(3-1)10-7(8-6)9-4/h1-3H. The molecule has 48 valence electrons. The van der Waals surface area contributed by atoms with Crippen molar-refractivity contribution in [3.8, 4) is 0 Å². The van der Waals surface area contributed by atoms with Crippen LogP contribution in [0.1, 0.15) is 0 Å². The molecule has 0 saturated carbocycles. The van der Waals surface area contributed by atoms with Crippen LogP contribution in [0.3, 0.4) is 0 Å². The molecule has 2 heterocycles. The van der Waals surface area contributed by atoms with E-state index < -0.39 is 0 Å². The fourth-order valence-electron chi connectivity index (χ4n) is 1.12. The van der Waals surface area contributed by atoms with Crippen molar-refractivity contribution in [2.24, 2.45) is 0 Å². The average molecular weight is 196 g/mol. The normalized spacial score (nSPS) is 12.0. The molecule has 0 fully saturated rings. The molecule has 0 aliphatic rings. The quantitative estimate of drug-likeness (QED) is 0.509. The van der Waals surface area contributed by atoms with E-state index in [1.807, 2.05) is 12.1 Å². The van der Waals surface area contributed by atoms with Gasteiger partial charge in [-0.2, -0.15) is 0 Å². The number of hydrogen-bond donors (Lipinski definition) is 0. The Kier molecular flexibility index (Phi) is 0.712. The Balaban J connectivity index is 2.86. The van der Waals surface area contributed by atoms with Gasteiger partial charge in [-0.1, -0.05) is 0 Å². The summed E-state index contributed by atoms with van der Waals surface area (Å²) in [5.74, 6) is 0. The van der Waals surface area contributed by atoms with Crippen LogP contribution >= 0.6 is 0 Å². The summed E-state index contributed by atoms with van der Waals surface area (Å²) in [5.41, 5.74) is 2.03. The van der Waals surface area contributed by atoms with Crippen molar-refractivity contribution in [1.29, 1.82) is 0 Å². The molecular weight excluding hydrogens is 193 g/mol. The summed E-state index contributed by atoms with van der Waals surface area (Å²) >= 11 is 0.365. The topological polar surface area (TPSA) is 26.0 Å². The van der Waals surface area contributed by atoms with Gasteiger partial charge in [0.05, 0.1) is 0 Å². The Morgan fingerprint density at radius 1 is 1.40 bits per heavy atom. The first-order valence-corrected chi connectivity index (χ1v) is 4.72. The van der Waals surface area contributed by atoms with Gasteiger partial charge in [0.15, 0.2) is 0 Å². The number of benzene rings is 1. The summed E-state index contributed by atoms with van der Waals surface area (Å²) in [6, 6.07) is 6.11. The van der Waals surface area contributed by atoms with Gasteiger partial charge in [-0.3, -0.25) is 0 Å². The average Bonchev–Trinajstić information content (AvgIpc) is 2.40. The van der Waals surface area contributed by atoms with Crippen molar-refractivity contribution in [2.45, 2.75) is 0 Å². The summed E-state index contributed by atoms with van der Waals surface area (Å²) in [6.07, 6.45) is 0. The molecule has 0 unspecified atom stereocenters. The summed E-state index contributed by atoms with van der Waals surface area (Å²) in [5, 5.41) is 0. The second-order valence-electron chi connectivity index (χ2n) is 2.18. The molecule has 2 aromatic heterocycles. The van der Waals surface area contributed by atoms with Crippen LogP contribution in [-0.4, -0.2) is 19.5 Å². The Morgan fingerprint density at radius 3 is 3.10 bits per heavy atom. The number of aromatic nitrogens is 1. The van der Waals surface area contributed by atoms with Gasteiger partial charge in [-0.15, -0.1) is 0 Å². The Labute approximate surface area is 62.5 Å². The monoisotopic (exact) mass is 197 g/mol. The van der Waals surface area contributed by atoms with Crippen molar-refractivity contribution in [2.75, 3.05) is 0 Å². The Bertz CT molecular complexity index is 424. The molecule has 0 saturated heterocycles. The van der Waals surface area contributed by atoms with Gasteiger partial charge in [-0.05, 0) is 0 Å². The zero-order valence-corrected chi connectivity index (χ0v) is 6.71. The summed E-state index contributed by atoms with van der Waals surface area (Å²) in [7, 11) is 0. The van der Waals surface area contributed by atoms with E-state index in [0.29, 0.717) is 14.5 Å². The molecule has 3 aromatic rings. The molecule has 0 radical (unpaired) electrons. The number of para-hydroxylation sites is 1. The minimum atomic E-state index is 0.365. The van der Waals surface area contributed by atoms with Gasteiger partial charge in [-0.25, -0.2) is 0 Å². The first-order chi connectivity index (χ1) is 4.93. The van der Waals surface area contributed by atoms with Crippen LogP contribution in [0.5, 0.6) is 0 Å². The maximum atomic E-state index is 5.36. The van der Waals surface area contributed by atoms with E-state index in [0.717, 1.165) is 15.7 Å². The van der Waals surface area contributed by atoms with Crippen molar-refractivity contribution < 1.29 is 4.42 Å². The zero-order chi connectivity index (χ0) is 6.55. The van der Waals surface area contributed by atoms with Gasteiger partial charge in [0.25, 0.3) is 0 Å². The molecule has 0 atom stereocenters. The third-order valence-corrected chi connectivity index (χ3v) is 3.44. The van der Waals surface area contributed by atoms with Crippen LogP contribution in [-0.2, 0) is 0 Å². The first-order valence-electron chi connectivity index (χ1n) is 3.01. The van der Waals surface area contributed by atoms with Gasteiger partial charge in [0.1, 0.15) is 0 Å². The van der Waals surface area contributed by atoms with E-state index in [4.69, 9.17) is 4.42 Å². The van der Waals surface area contributed by atoms with Crippen molar-refractivity contribution >= 4 is 34.5 Å². The molecular formula is C7H3NOSe. The second kappa shape index (κ2) is 1.44. The molecule has 0 amide bonds. The number of rotatable bonds is 0. The number of oxazole rings is 1. The van der Waals surface area contributed by atoms with E-state index in [-0.39, 0.29) is 0 Å². The molecule has 0 aliphatic heterocycles. The summed E-state index contributed by atoms with van der Waals surface area (Å²) < 4.78 is 7.65. The first kappa shape index (κ1) is 4.94. The van der Waals surface area contributed by atoms with E-state index in [1.54, 1.807) is 0 Å². The van der Waals surface area contributed by atoms with E-state index >= 15 is 0 Å². The third kappa shape index (κ3) is 0.437. The van der Waals surface area contributed by atoms with E-state index in [9.17, 15) is 0 Å². The minimum absolute atomic E-state index is 0.365. The number of hydrogen-bond acceptors (Lipinski definition) is 2. The molecule has 3 heteroatoms. The van der Waals surface area contributed by atoms with Gasteiger partial charge < -0.3 is 0 Å². The summed E-state index contributed by atoms with van der Waals surface area (Å²) in [6.45, 7) is 0. The third-order valence-electron chi connectivity index (χ3n) is 1.56. The molecule has 2 bridgehead atoms. The van der Waals surface area contributed by atoms with Crippen molar-refractivity contribution in [3.63, 3.8) is 0 Å². The maximum absolute atomic E-state index is 5.36. The predicted octanol–water partition coefficient (Wildman–Crippen LogP) is 1.48. The second-order valence-corrected chi connectivity index (χ2v) is 4.27. The molecule has 0 spiro atoms. The number of nitrogens with zero attached hydrogens (tertiary/aromatic N) is 1. The van der Waals surface area contributed by atoms with E-state index in [1.165, 1.54) is 4.26 Å². The predicted molar refractivity (Wildman–Crippen MR) is 39.6 cm³/mol. The number of fused-ring (bicyclic) bond motifs is 1. The Morgan fingerprint density at radius 2 is 2.40 bits per heavy atom. The van der Waals surface area contributed by atoms with Crippen LogP contribution in [0.15, 0.2) is 22.6 Å². The molecule has 1 aromatic carbocycles. The van der Waals surface area contributed by atoms with Crippen LogP contribution < -0.4 is 0 Å². The van der Waals surface area contributed by atoms with Crippen LogP contribution in [0.4, 0.5) is 0 Å². The van der Waals surface area contributed by atoms with Gasteiger partial charge >= 0.3 is 62.1 Å². The molecule has 3 rings (SSSR count).